The monoisotopic (exact) mass is 336 g/mol. The molecule has 0 aliphatic rings. The predicted octanol–water partition coefficient (Wildman–Crippen LogP) is 4.61. The van der Waals surface area contributed by atoms with Crippen molar-refractivity contribution in [2.75, 3.05) is 7.11 Å². The lowest BCUT2D eigenvalue weighted by Crippen LogP contribution is -2.00. The van der Waals surface area contributed by atoms with Gasteiger partial charge in [-0.3, -0.25) is 0 Å². The van der Waals surface area contributed by atoms with Crippen molar-refractivity contribution in [1.29, 1.82) is 0 Å². The van der Waals surface area contributed by atoms with Crippen molar-refractivity contribution in [3.63, 3.8) is 0 Å². The van der Waals surface area contributed by atoms with Crippen LogP contribution in [0.4, 0.5) is 0 Å². The molecule has 1 unspecified atom stereocenters. The fourth-order valence-electron chi connectivity index (χ4n) is 2.00. The molecule has 0 radical (unpaired) electrons. The van der Waals surface area contributed by atoms with E-state index in [0.29, 0.717) is 17.1 Å². The SMILES string of the molecule is COc1cccc(Oc2cc(Br)ccc2C)c1C(C)O. The van der Waals surface area contributed by atoms with Gasteiger partial charge >= 0.3 is 0 Å². The highest BCUT2D eigenvalue weighted by Gasteiger charge is 2.16. The third-order valence-electron chi connectivity index (χ3n) is 3.03. The van der Waals surface area contributed by atoms with Crippen molar-refractivity contribution in [3.05, 3.63) is 52.0 Å². The molecule has 3 nitrogen and oxygen atoms in total. The van der Waals surface area contributed by atoms with Crippen molar-refractivity contribution in [2.45, 2.75) is 20.0 Å². The van der Waals surface area contributed by atoms with Gasteiger partial charge < -0.3 is 14.6 Å². The summed E-state index contributed by atoms with van der Waals surface area (Å²) in [6, 6.07) is 11.3. The molecule has 0 amide bonds. The summed E-state index contributed by atoms with van der Waals surface area (Å²) in [7, 11) is 1.58. The number of benzene rings is 2. The summed E-state index contributed by atoms with van der Waals surface area (Å²) in [5.41, 5.74) is 1.67. The van der Waals surface area contributed by atoms with Gasteiger partial charge in [0.25, 0.3) is 0 Å². The molecule has 0 aliphatic heterocycles. The first kappa shape index (κ1) is 14.9. The van der Waals surface area contributed by atoms with Crippen LogP contribution in [0.1, 0.15) is 24.2 Å². The predicted molar refractivity (Wildman–Crippen MR) is 82.6 cm³/mol. The minimum atomic E-state index is -0.673. The fraction of sp³-hybridized carbons (Fsp3) is 0.250. The standard InChI is InChI=1S/C16H17BrO3/c1-10-7-8-12(17)9-15(10)20-14-6-4-5-13(19-3)16(14)11(2)18/h4-9,11,18H,1-3H3. The van der Waals surface area contributed by atoms with Gasteiger partial charge in [-0.1, -0.05) is 28.1 Å². The highest BCUT2D eigenvalue weighted by atomic mass is 79.9. The Kier molecular flexibility index (Phi) is 4.68. The van der Waals surface area contributed by atoms with Crippen molar-refractivity contribution < 1.29 is 14.6 Å². The zero-order valence-corrected chi connectivity index (χ0v) is 13.3. The van der Waals surface area contributed by atoms with Gasteiger partial charge in [0.05, 0.1) is 18.8 Å². The molecule has 0 spiro atoms. The Hall–Kier alpha value is -1.52. The third-order valence-corrected chi connectivity index (χ3v) is 3.53. The molecule has 0 heterocycles. The third kappa shape index (κ3) is 3.14. The topological polar surface area (TPSA) is 38.7 Å². The first-order valence-electron chi connectivity index (χ1n) is 6.32. The normalized spacial score (nSPS) is 12.1. The van der Waals surface area contributed by atoms with Crippen molar-refractivity contribution in [3.8, 4) is 17.2 Å². The van der Waals surface area contributed by atoms with E-state index in [4.69, 9.17) is 9.47 Å². The number of methoxy groups -OCH3 is 1. The molecule has 0 saturated carbocycles. The van der Waals surface area contributed by atoms with E-state index >= 15 is 0 Å². The molecule has 0 aromatic heterocycles. The molecule has 2 rings (SSSR count). The summed E-state index contributed by atoms with van der Waals surface area (Å²) in [6.45, 7) is 3.67. The number of hydrogen-bond donors (Lipinski definition) is 1. The van der Waals surface area contributed by atoms with Crippen LogP contribution in [-0.2, 0) is 0 Å². The van der Waals surface area contributed by atoms with Gasteiger partial charge in [0.15, 0.2) is 0 Å². The van der Waals surface area contributed by atoms with Crippen LogP contribution in [0.3, 0.4) is 0 Å². The van der Waals surface area contributed by atoms with Crippen LogP contribution in [0.15, 0.2) is 40.9 Å². The van der Waals surface area contributed by atoms with E-state index in [1.54, 1.807) is 14.0 Å². The zero-order chi connectivity index (χ0) is 14.7. The molecule has 0 aliphatic carbocycles. The summed E-state index contributed by atoms with van der Waals surface area (Å²) in [5.74, 6) is 1.96. The van der Waals surface area contributed by atoms with Crippen LogP contribution in [0, 0.1) is 6.92 Å². The second-order valence-corrected chi connectivity index (χ2v) is 5.48. The summed E-state index contributed by atoms with van der Waals surface area (Å²) in [4.78, 5) is 0. The number of rotatable bonds is 4. The van der Waals surface area contributed by atoms with Gasteiger partial charge in [-0.05, 0) is 43.7 Å². The number of hydrogen-bond acceptors (Lipinski definition) is 3. The molecule has 1 N–H and O–H groups in total. The van der Waals surface area contributed by atoms with Crippen LogP contribution in [0.5, 0.6) is 17.2 Å². The lowest BCUT2D eigenvalue weighted by atomic mass is 10.1. The molecule has 4 heteroatoms. The molecule has 1 atom stereocenters. The number of halogens is 1. The van der Waals surface area contributed by atoms with E-state index in [0.717, 1.165) is 15.8 Å². The Balaban J connectivity index is 2.45. The van der Waals surface area contributed by atoms with Crippen LogP contribution in [-0.4, -0.2) is 12.2 Å². The van der Waals surface area contributed by atoms with E-state index in [9.17, 15) is 5.11 Å². The maximum absolute atomic E-state index is 9.95. The van der Waals surface area contributed by atoms with E-state index in [-0.39, 0.29) is 0 Å². The van der Waals surface area contributed by atoms with Gasteiger partial charge in [-0.15, -0.1) is 0 Å². The molecule has 0 fully saturated rings. The number of ether oxygens (including phenoxy) is 2. The van der Waals surface area contributed by atoms with E-state index < -0.39 is 6.10 Å². The Morgan fingerprint density at radius 1 is 1.10 bits per heavy atom. The second kappa shape index (κ2) is 6.29. The Morgan fingerprint density at radius 2 is 1.80 bits per heavy atom. The summed E-state index contributed by atoms with van der Waals surface area (Å²) in [5, 5.41) is 9.95. The van der Waals surface area contributed by atoms with Crippen LogP contribution in [0.25, 0.3) is 0 Å². The van der Waals surface area contributed by atoms with E-state index in [1.165, 1.54) is 0 Å². The highest BCUT2D eigenvalue weighted by Crippen LogP contribution is 2.37. The smallest absolute Gasteiger partial charge is 0.136 e. The number of aryl methyl sites for hydroxylation is 1. The Labute approximate surface area is 127 Å². The second-order valence-electron chi connectivity index (χ2n) is 4.56. The molecule has 2 aromatic rings. The molecule has 0 bridgehead atoms. The summed E-state index contributed by atoms with van der Waals surface area (Å²) >= 11 is 3.43. The van der Waals surface area contributed by atoms with E-state index in [1.807, 2.05) is 43.3 Å². The minimum absolute atomic E-state index is 0.598. The van der Waals surface area contributed by atoms with E-state index in [2.05, 4.69) is 15.9 Å². The zero-order valence-electron chi connectivity index (χ0n) is 11.7. The van der Waals surface area contributed by atoms with Crippen LogP contribution >= 0.6 is 15.9 Å². The average molecular weight is 337 g/mol. The number of aliphatic hydroxyl groups is 1. The summed E-state index contributed by atoms with van der Waals surface area (Å²) in [6.07, 6.45) is -0.673. The van der Waals surface area contributed by atoms with Gasteiger partial charge in [-0.25, -0.2) is 0 Å². The summed E-state index contributed by atoms with van der Waals surface area (Å²) < 4.78 is 12.2. The molecule has 2 aromatic carbocycles. The first-order chi connectivity index (χ1) is 9.52. The molecular formula is C16H17BrO3. The van der Waals surface area contributed by atoms with Crippen LogP contribution < -0.4 is 9.47 Å². The average Bonchev–Trinajstić information content (AvgIpc) is 2.42. The Bertz CT molecular complexity index is 609. The molecular weight excluding hydrogens is 320 g/mol. The minimum Gasteiger partial charge on any atom is -0.496 e. The highest BCUT2D eigenvalue weighted by molar-refractivity contribution is 9.10. The van der Waals surface area contributed by atoms with Crippen molar-refractivity contribution in [1.82, 2.24) is 0 Å². The Morgan fingerprint density at radius 3 is 2.45 bits per heavy atom. The molecule has 20 heavy (non-hydrogen) atoms. The quantitative estimate of drug-likeness (QED) is 0.885. The lowest BCUT2D eigenvalue weighted by Gasteiger charge is -2.17. The molecule has 0 saturated heterocycles. The van der Waals surface area contributed by atoms with Gasteiger partial charge in [0, 0.05) is 4.47 Å². The van der Waals surface area contributed by atoms with Crippen LogP contribution in [0.2, 0.25) is 0 Å². The fourth-order valence-corrected chi connectivity index (χ4v) is 2.35. The van der Waals surface area contributed by atoms with Gasteiger partial charge in [0.2, 0.25) is 0 Å². The molecule has 106 valence electrons. The maximum Gasteiger partial charge on any atom is 0.136 e. The largest absolute Gasteiger partial charge is 0.496 e. The van der Waals surface area contributed by atoms with Crippen molar-refractivity contribution in [2.24, 2.45) is 0 Å². The lowest BCUT2D eigenvalue weighted by molar-refractivity contribution is 0.190. The van der Waals surface area contributed by atoms with Crippen molar-refractivity contribution >= 4 is 15.9 Å². The van der Waals surface area contributed by atoms with Gasteiger partial charge in [0.1, 0.15) is 17.2 Å². The van der Waals surface area contributed by atoms with Gasteiger partial charge in [-0.2, -0.15) is 0 Å². The maximum atomic E-state index is 9.95. The first-order valence-corrected chi connectivity index (χ1v) is 7.11. The number of aliphatic hydroxyl groups excluding tert-OH is 1.